The number of hydrogen-bond donors (Lipinski definition) is 0. The molecule has 0 aliphatic heterocycles. The number of carbonyl (C=O) groups is 1. The standard InChI is InChI=1S/C29H53NO/c1-7-8-9-10-11-12-13-14-15-16-17-18-19-20-21-22-27(31)28-25(2)23-30(26(28)3)24-29(4,5)6/h23H,7-22,24H2,1-6H3. The van der Waals surface area contributed by atoms with Gasteiger partial charge in [-0.05, 0) is 31.2 Å². The van der Waals surface area contributed by atoms with Crippen LogP contribution in [-0.4, -0.2) is 10.4 Å². The van der Waals surface area contributed by atoms with Gasteiger partial charge in [-0.1, -0.05) is 118 Å². The number of carbonyl (C=O) groups excluding carboxylic acids is 1. The van der Waals surface area contributed by atoms with E-state index in [1.54, 1.807) is 0 Å². The molecule has 0 aliphatic rings. The third-order valence-electron chi connectivity index (χ3n) is 6.47. The van der Waals surface area contributed by atoms with Gasteiger partial charge in [0, 0.05) is 30.4 Å². The van der Waals surface area contributed by atoms with Gasteiger partial charge < -0.3 is 4.57 Å². The first-order chi connectivity index (χ1) is 14.8. The number of unbranched alkanes of at least 4 members (excludes halogenated alkanes) is 14. The van der Waals surface area contributed by atoms with Crippen LogP contribution in [0.2, 0.25) is 0 Å². The summed E-state index contributed by atoms with van der Waals surface area (Å²) >= 11 is 0. The molecule has 0 aromatic carbocycles. The van der Waals surface area contributed by atoms with Crippen molar-refractivity contribution in [2.24, 2.45) is 5.41 Å². The third kappa shape index (κ3) is 12.5. The fourth-order valence-corrected chi connectivity index (χ4v) is 4.70. The Morgan fingerprint density at radius 1 is 0.742 bits per heavy atom. The quantitative estimate of drug-likeness (QED) is 0.167. The summed E-state index contributed by atoms with van der Waals surface area (Å²) in [7, 11) is 0. The largest absolute Gasteiger partial charge is 0.350 e. The fraction of sp³-hybridized carbons (Fsp3) is 0.828. The highest BCUT2D eigenvalue weighted by Crippen LogP contribution is 2.24. The van der Waals surface area contributed by atoms with E-state index in [0.29, 0.717) is 12.2 Å². The molecule has 1 rings (SSSR count). The van der Waals surface area contributed by atoms with Gasteiger partial charge in [0.05, 0.1) is 0 Å². The van der Waals surface area contributed by atoms with E-state index in [1.807, 2.05) is 0 Å². The van der Waals surface area contributed by atoms with E-state index >= 15 is 0 Å². The Hall–Kier alpha value is -1.05. The highest BCUT2D eigenvalue weighted by atomic mass is 16.1. The summed E-state index contributed by atoms with van der Waals surface area (Å²) in [5.74, 6) is 0.345. The molecule has 0 atom stereocenters. The number of rotatable bonds is 18. The van der Waals surface area contributed by atoms with E-state index in [0.717, 1.165) is 29.8 Å². The topological polar surface area (TPSA) is 22.0 Å². The first-order valence-corrected chi connectivity index (χ1v) is 13.5. The molecule has 0 unspecified atom stereocenters. The zero-order valence-electron chi connectivity index (χ0n) is 22.0. The average molecular weight is 432 g/mol. The van der Waals surface area contributed by atoms with Crippen molar-refractivity contribution in [1.29, 1.82) is 0 Å². The van der Waals surface area contributed by atoms with Gasteiger partial charge in [0.2, 0.25) is 0 Å². The molecule has 0 amide bonds. The fourth-order valence-electron chi connectivity index (χ4n) is 4.70. The summed E-state index contributed by atoms with van der Waals surface area (Å²) in [5, 5.41) is 0. The highest BCUT2D eigenvalue weighted by Gasteiger charge is 2.19. The van der Waals surface area contributed by atoms with E-state index in [9.17, 15) is 4.79 Å². The van der Waals surface area contributed by atoms with Crippen LogP contribution in [0.5, 0.6) is 0 Å². The van der Waals surface area contributed by atoms with Crippen molar-refractivity contribution >= 4 is 5.78 Å². The highest BCUT2D eigenvalue weighted by molar-refractivity contribution is 5.98. The molecule has 0 fully saturated rings. The Kier molecular flexibility index (Phi) is 14.2. The number of hydrogen-bond acceptors (Lipinski definition) is 1. The van der Waals surface area contributed by atoms with E-state index in [1.165, 1.54) is 89.9 Å². The normalized spacial score (nSPS) is 11.9. The molecule has 1 aromatic heterocycles. The Morgan fingerprint density at radius 3 is 1.58 bits per heavy atom. The van der Waals surface area contributed by atoms with Gasteiger partial charge in [-0.2, -0.15) is 0 Å². The summed E-state index contributed by atoms with van der Waals surface area (Å²) in [6.45, 7) is 14.2. The van der Waals surface area contributed by atoms with Crippen LogP contribution in [0.25, 0.3) is 0 Å². The molecule has 31 heavy (non-hydrogen) atoms. The minimum absolute atomic E-state index is 0.227. The van der Waals surface area contributed by atoms with Crippen molar-refractivity contribution in [3.63, 3.8) is 0 Å². The summed E-state index contributed by atoms with van der Waals surface area (Å²) in [6.07, 6.45) is 23.3. The van der Waals surface area contributed by atoms with Crippen LogP contribution in [0.4, 0.5) is 0 Å². The summed E-state index contributed by atoms with van der Waals surface area (Å²) in [6, 6.07) is 0. The second-order valence-corrected chi connectivity index (χ2v) is 11.1. The SMILES string of the molecule is CCCCCCCCCCCCCCCCCC(=O)c1c(C)cn(CC(C)(C)C)c1C. The third-order valence-corrected chi connectivity index (χ3v) is 6.47. The molecule has 1 aromatic rings. The number of nitrogens with zero attached hydrogens (tertiary/aromatic N) is 1. The molecule has 0 N–H and O–H groups in total. The van der Waals surface area contributed by atoms with Gasteiger partial charge >= 0.3 is 0 Å². The van der Waals surface area contributed by atoms with Crippen molar-refractivity contribution in [2.75, 3.05) is 0 Å². The van der Waals surface area contributed by atoms with E-state index in [-0.39, 0.29) is 5.41 Å². The van der Waals surface area contributed by atoms with Crippen molar-refractivity contribution in [3.05, 3.63) is 23.0 Å². The van der Waals surface area contributed by atoms with Gasteiger partial charge in [0.25, 0.3) is 0 Å². The van der Waals surface area contributed by atoms with Crippen LogP contribution in [0.1, 0.15) is 152 Å². The van der Waals surface area contributed by atoms with Gasteiger partial charge in [0.1, 0.15) is 0 Å². The lowest BCUT2D eigenvalue weighted by atomic mass is 9.96. The lowest BCUT2D eigenvalue weighted by molar-refractivity contribution is 0.0977. The first-order valence-electron chi connectivity index (χ1n) is 13.5. The summed E-state index contributed by atoms with van der Waals surface area (Å²) < 4.78 is 2.27. The Bertz CT molecular complexity index is 605. The van der Waals surface area contributed by atoms with E-state index in [4.69, 9.17) is 0 Å². The van der Waals surface area contributed by atoms with E-state index in [2.05, 4.69) is 52.3 Å². The Morgan fingerprint density at radius 2 is 1.16 bits per heavy atom. The van der Waals surface area contributed by atoms with E-state index < -0.39 is 0 Å². The van der Waals surface area contributed by atoms with Crippen molar-refractivity contribution in [1.82, 2.24) is 4.57 Å². The van der Waals surface area contributed by atoms with Gasteiger partial charge in [-0.25, -0.2) is 0 Å². The number of ketones is 1. The van der Waals surface area contributed by atoms with Crippen molar-refractivity contribution in [2.45, 2.75) is 151 Å². The number of aryl methyl sites for hydroxylation is 1. The molecule has 0 saturated carbocycles. The monoisotopic (exact) mass is 431 g/mol. The van der Waals surface area contributed by atoms with Gasteiger partial charge in [-0.15, -0.1) is 0 Å². The average Bonchev–Trinajstić information content (AvgIpc) is 2.96. The lowest BCUT2D eigenvalue weighted by Crippen LogP contribution is -2.16. The van der Waals surface area contributed by atoms with Crippen LogP contribution in [0.3, 0.4) is 0 Å². The Balaban J connectivity index is 2.07. The molecule has 180 valence electrons. The molecule has 0 radical (unpaired) electrons. The minimum atomic E-state index is 0.227. The molecule has 1 heterocycles. The molecule has 2 heteroatoms. The van der Waals surface area contributed by atoms with Crippen LogP contribution in [0.15, 0.2) is 6.20 Å². The predicted octanol–water partition coefficient (Wildman–Crippen LogP) is 9.60. The summed E-state index contributed by atoms with van der Waals surface area (Å²) in [4.78, 5) is 12.8. The van der Waals surface area contributed by atoms with Gasteiger partial charge in [-0.3, -0.25) is 4.79 Å². The molecule has 0 saturated heterocycles. The zero-order chi connectivity index (χ0) is 23.1. The zero-order valence-corrected chi connectivity index (χ0v) is 22.0. The number of Topliss-reactive ketones (excluding diaryl/α,β-unsaturated/α-hetero) is 1. The van der Waals surface area contributed by atoms with Crippen molar-refractivity contribution in [3.8, 4) is 0 Å². The van der Waals surface area contributed by atoms with Crippen LogP contribution >= 0.6 is 0 Å². The maximum Gasteiger partial charge on any atom is 0.164 e. The molecule has 2 nitrogen and oxygen atoms in total. The number of aromatic nitrogens is 1. The lowest BCUT2D eigenvalue weighted by Gasteiger charge is -2.20. The molecule has 0 bridgehead atoms. The minimum Gasteiger partial charge on any atom is -0.350 e. The molecular weight excluding hydrogens is 378 g/mol. The second kappa shape index (κ2) is 15.7. The predicted molar refractivity (Wildman–Crippen MR) is 137 cm³/mol. The second-order valence-electron chi connectivity index (χ2n) is 11.1. The van der Waals surface area contributed by atoms with Crippen LogP contribution in [0, 0.1) is 19.3 Å². The summed E-state index contributed by atoms with van der Waals surface area (Å²) in [5.41, 5.74) is 3.51. The van der Waals surface area contributed by atoms with Crippen LogP contribution < -0.4 is 0 Å². The maximum absolute atomic E-state index is 12.8. The Labute approximate surface area is 194 Å². The first kappa shape index (κ1) is 28.0. The molecule has 0 spiro atoms. The molecular formula is C29H53NO. The van der Waals surface area contributed by atoms with Gasteiger partial charge in [0.15, 0.2) is 5.78 Å². The maximum atomic E-state index is 12.8. The van der Waals surface area contributed by atoms with Crippen LogP contribution in [-0.2, 0) is 6.54 Å². The molecule has 0 aliphatic carbocycles. The smallest absolute Gasteiger partial charge is 0.164 e. The van der Waals surface area contributed by atoms with Crippen molar-refractivity contribution < 1.29 is 4.79 Å².